The zero-order valence-corrected chi connectivity index (χ0v) is 6.79. The van der Waals surface area contributed by atoms with E-state index in [2.05, 4.69) is 0 Å². The molecule has 0 radical (unpaired) electrons. The van der Waals surface area contributed by atoms with Gasteiger partial charge in [0.1, 0.15) is 0 Å². The molecule has 0 saturated carbocycles. The van der Waals surface area contributed by atoms with E-state index in [4.69, 9.17) is 5.11 Å². The first-order valence-corrected chi connectivity index (χ1v) is 3.54. The maximum Gasteiger partial charge on any atom is 0.303 e. The number of carbonyl (C=O) groups is 3. The van der Waals surface area contributed by atoms with E-state index in [1.807, 2.05) is 5.32 Å². The third kappa shape index (κ3) is 6.73. The van der Waals surface area contributed by atoms with Crippen molar-refractivity contribution in [3.63, 3.8) is 0 Å². The largest absolute Gasteiger partial charge is 0.481 e. The normalized spacial score (nSPS) is 9.08. The van der Waals surface area contributed by atoms with Gasteiger partial charge in [0.05, 0.1) is 0 Å². The third-order valence-corrected chi connectivity index (χ3v) is 1.11. The summed E-state index contributed by atoms with van der Waals surface area (Å²) < 4.78 is 0. The van der Waals surface area contributed by atoms with Crippen molar-refractivity contribution in [3.05, 3.63) is 0 Å². The summed E-state index contributed by atoms with van der Waals surface area (Å²) in [5, 5.41) is 10.3. The average molecular weight is 173 g/mol. The van der Waals surface area contributed by atoms with Crippen LogP contribution in [0.1, 0.15) is 26.2 Å². The molecule has 0 spiro atoms. The van der Waals surface area contributed by atoms with E-state index in [-0.39, 0.29) is 19.3 Å². The lowest BCUT2D eigenvalue weighted by molar-refractivity contribution is -0.137. The molecule has 0 aliphatic rings. The number of nitrogens with one attached hydrogen (secondary N) is 1. The molecule has 0 bridgehead atoms. The highest BCUT2D eigenvalue weighted by Crippen LogP contribution is 1.94. The quantitative estimate of drug-likeness (QED) is 0.622. The van der Waals surface area contributed by atoms with Crippen LogP contribution in [-0.4, -0.2) is 22.9 Å². The zero-order valence-electron chi connectivity index (χ0n) is 6.79. The summed E-state index contributed by atoms with van der Waals surface area (Å²) in [6.45, 7) is 1.23. The second-order valence-corrected chi connectivity index (χ2v) is 2.35. The van der Waals surface area contributed by atoms with Gasteiger partial charge in [0.15, 0.2) is 0 Å². The van der Waals surface area contributed by atoms with Gasteiger partial charge in [0, 0.05) is 19.8 Å². The standard InChI is InChI=1S/C7H11NO4/c1-5(9)8-6(10)3-2-4-7(11)12/h2-4H2,1H3,(H,11,12)(H,8,9,10). The summed E-state index contributed by atoms with van der Waals surface area (Å²) in [6, 6.07) is 0. The van der Waals surface area contributed by atoms with Crippen LogP contribution in [0.3, 0.4) is 0 Å². The number of imide groups is 1. The molecule has 0 aliphatic carbocycles. The lowest BCUT2D eigenvalue weighted by Crippen LogP contribution is -2.27. The summed E-state index contributed by atoms with van der Waals surface area (Å²) in [7, 11) is 0. The Balaban J connectivity index is 3.44. The molecule has 0 aromatic heterocycles. The molecule has 0 fully saturated rings. The molecule has 0 aromatic carbocycles. The van der Waals surface area contributed by atoms with E-state index in [0.717, 1.165) is 0 Å². The predicted octanol–water partition coefficient (Wildman–Crippen LogP) is -0.0960. The van der Waals surface area contributed by atoms with Gasteiger partial charge < -0.3 is 5.11 Å². The van der Waals surface area contributed by atoms with E-state index in [0.29, 0.717) is 0 Å². The van der Waals surface area contributed by atoms with Crippen molar-refractivity contribution in [2.24, 2.45) is 0 Å². The van der Waals surface area contributed by atoms with E-state index in [1.54, 1.807) is 0 Å². The van der Waals surface area contributed by atoms with Gasteiger partial charge in [-0.05, 0) is 6.42 Å². The monoisotopic (exact) mass is 173 g/mol. The smallest absolute Gasteiger partial charge is 0.303 e. The Bertz CT molecular complexity index is 200. The topological polar surface area (TPSA) is 83.5 Å². The van der Waals surface area contributed by atoms with Crippen LogP contribution in [0.15, 0.2) is 0 Å². The zero-order chi connectivity index (χ0) is 9.56. The number of amides is 2. The lowest BCUT2D eigenvalue weighted by Gasteiger charge is -1.98. The van der Waals surface area contributed by atoms with Gasteiger partial charge >= 0.3 is 5.97 Å². The summed E-state index contributed by atoms with van der Waals surface area (Å²) >= 11 is 0. The minimum Gasteiger partial charge on any atom is -0.481 e. The number of carboxylic acids is 1. The molecular formula is C7H11NO4. The number of carboxylic acid groups (broad SMARTS) is 1. The minimum absolute atomic E-state index is 0.0503. The van der Waals surface area contributed by atoms with Crippen LogP contribution in [0.5, 0.6) is 0 Å². The molecule has 0 aromatic rings. The van der Waals surface area contributed by atoms with Gasteiger partial charge in [-0.25, -0.2) is 0 Å². The molecule has 0 atom stereocenters. The fraction of sp³-hybridized carbons (Fsp3) is 0.571. The Hall–Kier alpha value is -1.39. The molecule has 2 N–H and O–H groups in total. The molecular weight excluding hydrogens is 162 g/mol. The molecule has 12 heavy (non-hydrogen) atoms. The highest BCUT2D eigenvalue weighted by atomic mass is 16.4. The van der Waals surface area contributed by atoms with Crippen LogP contribution >= 0.6 is 0 Å². The Kier molecular flexibility index (Phi) is 4.67. The van der Waals surface area contributed by atoms with Crippen LogP contribution in [-0.2, 0) is 14.4 Å². The molecule has 0 heterocycles. The van der Waals surface area contributed by atoms with Crippen molar-refractivity contribution in [2.45, 2.75) is 26.2 Å². The first-order valence-electron chi connectivity index (χ1n) is 3.54. The Morgan fingerprint density at radius 2 is 1.83 bits per heavy atom. The molecule has 0 saturated heterocycles. The van der Waals surface area contributed by atoms with E-state index < -0.39 is 17.8 Å². The van der Waals surface area contributed by atoms with Gasteiger partial charge in [0.25, 0.3) is 0 Å². The number of hydrogen-bond donors (Lipinski definition) is 2. The summed E-state index contributed by atoms with van der Waals surface area (Å²) in [6.07, 6.45) is 0.283. The summed E-state index contributed by atoms with van der Waals surface area (Å²) in [4.78, 5) is 31.0. The maximum atomic E-state index is 10.7. The Labute approximate surface area is 69.8 Å². The third-order valence-electron chi connectivity index (χ3n) is 1.11. The number of carbonyl (C=O) groups excluding carboxylic acids is 2. The van der Waals surface area contributed by atoms with Gasteiger partial charge in [-0.3, -0.25) is 19.7 Å². The molecule has 0 aliphatic heterocycles. The van der Waals surface area contributed by atoms with Crippen molar-refractivity contribution in [2.75, 3.05) is 0 Å². The molecule has 5 heteroatoms. The Morgan fingerprint density at radius 3 is 2.25 bits per heavy atom. The second kappa shape index (κ2) is 5.29. The van der Waals surface area contributed by atoms with Gasteiger partial charge in [-0.15, -0.1) is 0 Å². The van der Waals surface area contributed by atoms with Gasteiger partial charge in [-0.1, -0.05) is 0 Å². The summed E-state index contributed by atoms with van der Waals surface area (Å²) in [5.41, 5.74) is 0. The number of aliphatic carboxylic acids is 1. The van der Waals surface area contributed by atoms with Crippen LogP contribution in [0.4, 0.5) is 0 Å². The lowest BCUT2D eigenvalue weighted by atomic mass is 10.2. The molecule has 0 unspecified atom stereocenters. The van der Waals surface area contributed by atoms with Crippen LogP contribution in [0, 0.1) is 0 Å². The number of rotatable bonds is 4. The fourth-order valence-electron chi connectivity index (χ4n) is 0.659. The van der Waals surface area contributed by atoms with Gasteiger partial charge in [-0.2, -0.15) is 0 Å². The molecule has 68 valence electrons. The maximum absolute atomic E-state index is 10.7. The molecule has 2 amide bonds. The van der Waals surface area contributed by atoms with Crippen molar-refractivity contribution in [1.29, 1.82) is 0 Å². The number of hydrogen-bond acceptors (Lipinski definition) is 3. The second-order valence-electron chi connectivity index (χ2n) is 2.35. The average Bonchev–Trinajstić information content (AvgIpc) is 1.84. The highest BCUT2D eigenvalue weighted by Gasteiger charge is 2.04. The fourth-order valence-corrected chi connectivity index (χ4v) is 0.659. The van der Waals surface area contributed by atoms with Crippen molar-refractivity contribution >= 4 is 17.8 Å². The van der Waals surface area contributed by atoms with E-state index >= 15 is 0 Å². The SMILES string of the molecule is CC(=O)NC(=O)CCCC(=O)O. The van der Waals surface area contributed by atoms with Crippen molar-refractivity contribution in [3.8, 4) is 0 Å². The molecule has 5 nitrogen and oxygen atoms in total. The minimum atomic E-state index is -0.939. The van der Waals surface area contributed by atoms with E-state index in [1.165, 1.54) is 6.92 Å². The van der Waals surface area contributed by atoms with Crippen molar-refractivity contribution in [1.82, 2.24) is 5.32 Å². The van der Waals surface area contributed by atoms with Gasteiger partial charge in [0.2, 0.25) is 11.8 Å². The predicted molar refractivity (Wildman–Crippen MR) is 40.3 cm³/mol. The van der Waals surface area contributed by atoms with Crippen LogP contribution in [0.2, 0.25) is 0 Å². The first-order chi connectivity index (χ1) is 5.52. The van der Waals surface area contributed by atoms with E-state index in [9.17, 15) is 14.4 Å². The van der Waals surface area contributed by atoms with Crippen LogP contribution < -0.4 is 5.32 Å². The highest BCUT2D eigenvalue weighted by molar-refractivity contribution is 5.93. The first kappa shape index (κ1) is 10.6. The van der Waals surface area contributed by atoms with Crippen molar-refractivity contribution < 1.29 is 19.5 Å². The molecule has 0 rings (SSSR count). The van der Waals surface area contributed by atoms with Crippen LogP contribution in [0.25, 0.3) is 0 Å². The summed E-state index contributed by atoms with van der Waals surface area (Å²) in [5.74, 6) is -1.79. The Morgan fingerprint density at radius 1 is 1.25 bits per heavy atom.